The molecule has 0 bridgehead atoms. The lowest BCUT2D eigenvalue weighted by Crippen LogP contribution is -2.53. The largest absolute Gasteiger partial charge is 0.497 e. The molecule has 2 N–H and O–H groups in total. The van der Waals surface area contributed by atoms with Crippen LogP contribution in [0.2, 0.25) is 0 Å². The highest BCUT2D eigenvalue weighted by molar-refractivity contribution is 5.90. The van der Waals surface area contributed by atoms with Crippen molar-refractivity contribution < 1.29 is 14.3 Å². The summed E-state index contributed by atoms with van der Waals surface area (Å²) in [7, 11) is 1.64. The lowest BCUT2D eigenvalue weighted by molar-refractivity contribution is -0.136. The van der Waals surface area contributed by atoms with Crippen molar-refractivity contribution in [3.8, 4) is 5.75 Å². The Bertz CT molecular complexity index is 841. The highest BCUT2D eigenvalue weighted by atomic mass is 16.5. The highest BCUT2D eigenvalue weighted by Crippen LogP contribution is 2.40. The number of carbonyl (C=O) groups is 2. The maximum absolute atomic E-state index is 12.8. The zero-order valence-corrected chi connectivity index (χ0v) is 16.7. The van der Waals surface area contributed by atoms with Gasteiger partial charge in [0, 0.05) is 35.1 Å². The molecule has 2 unspecified atom stereocenters. The van der Waals surface area contributed by atoms with E-state index in [0.29, 0.717) is 12.3 Å². The van der Waals surface area contributed by atoms with Crippen molar-refractivity contribution in [3.63, 3.8) is 0 Å². The molecule has 0 fully saturated rings. The highest BCUT2D eigenvalue weighted by Gasteiger charge is 2.39. The molecule has 2 heterocycles. The number of methoxy groups -OCH3 is 1. The first-order valence-corrected chi connectivity index (χ1v) is 9.57. The van der Waals surface area contributed by atoms with Crippen molar-refractivity contribution >= 4 is 23.2 Å². The number of ether oxygens (including phenoxy) is 1. The van der Waals surface area contributed by atoms with E-state index in [4.69, 9.17) is 4.74 Å². The molecule has 0 saturated carbocycles. The van der Waals surface area contributed by atoms with Crippen LogP contribution in [-0.2, 0) is 16.0 Å². The van der Waals surface area contributed by atoms with Crippen LogP contribution in [0.5, 0.6) is 5.75 Å². The molecule has 0 spiro atoms. The summed E-state index contributed by atoms with van der Waals surface area (Å²) in [6.45, 7) is 8.13. The van der Waals surface area contributed by atoms with E-state index in [1.165, 1.54) is 0 Å². The number of rotatable bonds is 6. The normalized spacial score (nSPS) is 19.4. The lowest BCUT2D eigenvalue weighted by Gasteiger charge is -2.39. The van der Waals surface area contributed by atoms with E-state index in [1.54, 1.807) is 12.0 Å². The van der Waals surface area contributed by atoms with Gasteiger partial charge in [0.25, 0.3) is 0 Å². The number of carbonyl (C=O) groups excluding carboxylic acids is 2. The molecular weight excluding hydrogens is 342 g/mol. The number of benzene rings is 1. The summed E-state index contributed by atoms with van der Waals surface area (Å²) < 4.78 is 5.34. The predicted molar refractivity (Wildman–Crippen MR) is 106 cm³/mol. The minimum absolute atomic E-state index is 0.0307. The number of aromatic amines is 1. The van der Waals surface area contributed by atoms with Gasteiger partial charge in [0.2, 0.25) is 12.3 Å². The van der Waals surface area contributed by atoms with Crippen LogP contribution < -0.4 is 10.1 Å². The smallest absolute Gasteiger partial charge is 0.243 e. The Labute approximate surface area is 160 Å². The van der Waals surface area contributed by atoms with E-state index in [0.717, 1.165) is 40.7 Å². The fourth-order valence-corrected chi connectivity index (χ4v) is 3.99. The fraction of sp³-hybridized carbons (Fsp3) is 0.524. The van der Waals surface area contributed by atoms with E-state index in [2.05, 4.69) is 24.1 Å². The second kappa shape index (κ2) is 7.62. The van der Waals surface area contributed by atoms with E-state index in [-0.39, 0.29) is 18.0 Å². The van der Waals surface area contributed by atoms with Crippen molar-refractivity contribution in [2.24, 2.45) is 5.92 Å². The summed E-state index contributed by atoms with van der Waals surface area (Å²) in [5.74, 6) is 1.07. The molecule has 0 saturated heterocycles. The fourth-order valence-electron chi connectivity index (χ4n) is 3.99. The third-order valence-corrected chi connectivity index (χ3v) is 5.15. The van der Waals surface area contributed by atoms with Crippen LogP contribution in [0.15, 0.2) is 18.2 Å². The predicted octanol–water partition coefficient (Wildman–Crippen LogP) is 3.17. The first-order valence-electron chi connectivity index (χ1n) is 9.57. The molecule has 2 aromatic rings. The van der Waals surface area contributed by atoms with Gasteiger partial charge < -0.3 is 19.9 Å². The van der Waals surface area contributed by atoms with Gasteiger partial charge in [0.1, 0.15) is 11.8 Å². The number of nitrogens with zero attached hydrogens (tertiary/aromatic N) is 1. The topological polar surface area (TPSA) is 74.4 Å². The van der Waals surface area contributed by atoms with E-state index in [1.807, 2.05) is 32.0 Å². The van der Waals surface area contributed by atoms with Crippen molar-refractivity contribution in [3.05, 3.63) is 29.5 Å². The van der Waals surface area contributed by atoms with Crippen molar-refractivity contribution in [1.82, 2.24) is 15.2 Å². The third kappa shape index (κ3) is 3.66. The Balaban J connectivity index is 2.11. The van der Waals surface area contributed by atoms with Gasteiger partial charge in [-0.25, -0.2) is 0 Å². The number of aromatic nitrogens is 1. The number of hydrogen-bond acceptors (Lipinski definition) is 3. The molecule has 1 aliphatic rings. The van der Waals surface area contributed by atoms with Gasteiger partial charge in [0.15, 0.2) is 0 Å². The van der Waals surface area contributed by atoms with E-state index < -0.39 is 6.04 Å². The number of nitrogens with one attached hydrogen (secondary N) is 2. The molecule has 6 heteroatoms. The Morgan fingerprint density at radius 3 is 2.70 bits per heavy atom. The Kier molecular flexibility index (Phi) is 5.44. The zero-order chi connectivity index (χ0) is 19.7. The second-order valence-electron chi connectivity index (χ2n) is 8.01. The maximum Gasteiger partial charge on any atom is 0.243 e. The van der Waals surface area contributed by atoms with Gasteiger partial charge in [0.05, 0.1) is 13.2 Å². The Morgan fingerprint density at radius 1 is 1.37 bits per heavy atom. The van der Waals surface area contributed by atoms with Crippen LogP contribution in [0.25, 0.3) is 10.9 Å². The molecule has 2 amide bonds. The quantitative estimate of drug-likeness (QED) is 0.766. The summed E-state index contributed by atoms with van der Waals surface area (Å²) in [6, 6.07) is 5.32. The van der Waals surface area contributed by atoms with Crippen LogP contribution >= 0.6 is 0 Å². The number of amides is 2. The summed E-state index contributed by atoms with van der Waals surface area (Å²) >= 11 is 0. The molecule has 146 valence electrons. The summed E-state index contributed by atoms with van der Waals surface area (Å²) in [4.78, 5) is 30.0. The van der Waals surface area contributed by atoms with Gasteiger partial charge in [-0.3, -0.25) is 9.59 Å². The Hall–Kier alpha value is -2.50. The summed E-state index contributed by atoms with van der Waals surface area (Å²) in [5, 5.41) is 4.06. The minimum atomic E-state index is -0.498. The number of H-pyrrole nitrogens is 1. The van der Waals surface area contributed by atoms with Gasteiger partial charge in [-0.2, -0.15) is 0 Å². The van der Waals surface area contributed by atoms with Crippen LogP contribution in [0, 0.1) is 5.92 Å². The molecule has 0 aliphatic carbocycles. The van der Waals surface area contributed by atoms with E-state index >= 15 is 0 Å². The molecule has 1 aromatic carbocycles. The van der Waals surface area contributed by atoms with Crippen LogP contribution in [-0.4, -0.2) is 41.4 Å². The molecule has 6 nitrogen and oxygen atoms in total. The Morgan fingerprint density at radius 2 is 2.11 bits per heavy atom. The first-order chi connectivity index (χ1) is 12.8. The van der Waals surface area contributed by atoms with Gasteiger partial charge in [-0.15, -0.1) is 0 Å². The zero-order valence-electron chi connectivity index (χ0n) is 16.7. The molecule has 27 heavy (non-hydrogen) atoms. The average molecular weight is 371 g/mol. The molecular formula is C21H29N3O3. The molecule has 3 rings (SSSR count). The monoisotopic (exact) mass is 371 g/mol. The summed E-state index contributed by atoms with van der Waals surface area (Å²) in [6.07, 6.45) is 2.13. The molecule has 1 aromatic heterocycles. The van der Waals surface area contributed by atoms with Crippen LogP contribution in [0.3, 0.4) is 0 Å². The first kappa shape index (κ1) is 19.3. The molecule has 1 aliphatic heterocycles. The minimum Gasteiger partial charge on any atom is -0.497 e. The van der Waals surface area contributed by atoms with Crippen LogP contribution in [0.4, 0.5) is 0 Å². The summed E-state index contributed by atoms with van der Waals surface area (Å²) in [5.41, 5.74) is 3.14. The second-order valence-corrected chi connectivity index (χ2v) is 8.01. The van der Waals surface area contributed by atoms with Crippen molar-refractivity contribution in [2.75, 3.05) is 7.11 Å². The van der Waals surface area contributed by atoms with E-state index in [9.17, 15) is 9.59 Å². The standard InChI is InChI=1S/C21H29N3O3/c1-12(2)8-18-20-16(15-7-6-14(27-5)9-17(15)23-20)10-19(24(18)11-25)21(26)22-13(3)4/h6-7,9,11-13,18-19,23H,8,10H2,1-5H3,(H,22,26). The third-order valence-electron chi connectivity index (χ3n) is 5.15. The average Bonchev–Trinajstić information content (AvgIpc) is 2.98. The number of fused-ring (bicyclic) bond motifs is 3. The van der Waals surface area contributed by atoms with Gasteiger partial charge >= 0.3 is 0 Å². The van der Waals surface area contributed by atoms with Gasteiger partial charge in [-0.1, -0.05) is 13.8 Å². The SMILES string of the molecule is COc1ccc2c3c([nH]c2c1)C(CC(C)C)N(C=O)C(C(=O)NC(C)C)C3. The van der Waals surface area contributed by atoms with Crippen molar-refractivity contribution in [1.29, 1.82) is 0 Å². The molecule has 0 radical (unpaired) electrons. The van der Waals surface area contributed by atoms with Gasteiger partial charge in [-0.05, 0) is 43.9 Å². The van der Waals surface area contributed by atoms with Crippen LogP contribution in [0.1, 0.15) is 51.4 Å². The molecule has 2 atom stereocenters. The van der Waals surface area contributed by atoms with Crippen molar-refractivity contribution in [2.45, 2.75) is 58.7 Å². The lowest BCUT2D eigenvalue weighted by atomic mass is 9.87. The number of hydrogen-bond donors (Lipinski definition) is 2. The maximum atomic E-state index is 12.8.